The van der Waals surface area contributed by atoms with Crippen molar-refractivity contribution in [2.24, 2.45) is 0 Å². The van der Waals surface area contributed by atoms with Crippen molar-refractivity contribution < 1.29 is 9.59 Å². The summed E-state index contributed by atoms with van der Waals surface area (Å²) in [6, 6.07) is 1.53. The molecule has 1 aliphatic rings. The number of nitriles is 1. The van der Waals surface area contributed by atoms with Gasteiger partial charge in [-0.3, -0.25) is 9.59 Å². The summed E-state index contributed by atoms with van der Waals surface area (Å²) in [4.78, 5) is 22.3. The lowest BCUT2D eigenvalue weighted by Gasteiger charge is -2.21. The molecule has 0 aromatic rings. The zero-order valence-corrected chi connectivity index (χ0v) is 7.88. The normalized spacial score (nSPS) is 20.8. The summed E-state index contributed by atoms with van der Waals surface area (Å²) in [7, 11) is 0. The molecule has 0 bridgehead atoms. The lowest BCUT2D eigenvalue weighted by Crippen LogP contribution is -2.49. The second-order valence-corrected chi connectivity index (χ2v) is 3.21. The quantitative estimate of drug-likeness (QED) is 0.606. The Hall–Kier alpha value is -1.57. The SMILES string of the molecule is N#CCCNC(=O)C1CCCC(=O)N1. The standard InChI is InChI=1S/C9H13N3O2/c10-5-2-6-11-9(14)7-3-1-4-8(13)12-7/h7H,1-4,6H2,(H,11,14)(H,12,13). The summed E-state index contributed by atoms with van der Waals surface area (Å²) in [5.74, 6) is -0.259. The van der Waals surface area contributed by atoms with Crippen LogP contribution >= 0.6 is 0 Å². The van der Waals surface area contributed by atoms with Gasteiger partial charge in [-0.2, -0.15) is 5.26 Å². The second-order valence-electron chi connectivity index (χ2n) is 3.21. The van der Waals surface area contributed by atoms with E-state index >= 15 is 0 Å². The number of carbonyl (C=O) groups is 2. The van der Waals surface area contributed by atoms with Crippen LogP contribution in [0.5, 0.6) is 0 Å². The van der Waals surface area contributed by atoms with Crippen molar-refractivity contribution in [3.05, 3.63) is 0 Å². The largest absolute Gasteiger partial charge is 0.353 e. The first-order valence-electron chi connectivity index (χ1n) is 4.68. The molecule has 1 saturated heterocycles. The van der Waals surface area contributed by atoms with Crippen molar-refractivity contribution in [2.75, 3.05) is 6.54 Å². The molecule has 0 radical (unpaired) electrons. The van der Waals surface area contributed by atoms with Gasteiger partial charge in [0.05, 0.1) is 12.5 Å². The molecule has 1 atom stereocenters. The molecule has 2 N–H and O–H groups in total. The van der Waals surface area contributed by atoms with Gasteiger partial charge in [0.25, 0.3) is 0 Å². The first-order valence-corrected chi connectivity index (χ1v) is 4.68. The molecule has 5 heteroatoms. The summed E-state index contributed by atoms with van der Waals surface area (Å²) in [6.45, 7) is 0.349. The molecule has 5 nitrogen and oxygen atoms in total. The monoisotopic (exact) mass is 195 g/mol. The van der Waals surface area contributed by atoms with Crippen molar-refractivity contribution in [2.45, 2.75) is 31.7 Å². The molecule has 0 aromatic carbocycles. The third-order valence-corrected chi connectivity index (χ3v) is 2.08. The van der Waals surface area contributed by atoms with Gasteiger partial charge >= 0.3 is 0 Å². The Morgan fingerprint density at radius 2 is 2.50 bits per heavy atom. The number of hydrogen-bond acceptors (Lipinski definition) is 3. The van der Waals surface area contributed by atoms with E-state index in [4.69, 9.17) is 5.26 Å². The van der Waals surface area contributed by atoms with Crippen molar-refractivity contribution in [1.82, 2.24) is 10.6 Å². The third kappa shape index (κ3) is 3.05. The summed E-state index contributed by atoms with van der Waals surface area (Å²) in [5, 5.41) is 13.5. The molecule has 0 spiro atoms. The van der Waals surface area contributed by atoms with Crippen LogP contribution in [0.15, 0.2) is 0 Å². The lowest BCUT2D eigenvalue weighted by molar-refractivity contribution is -0.130. The maximum atomic E-state index is 11.4. The number of rotatable bonds is 3. The molecule has 0 aliphatic carbocycles. The Bertz CT molecular complexity index is 270. The molecule has 1 fully saturated rings. The second kappa shape index (κ2) is 5.22. The Labute approximate surface area is 82.5 Å². The Balaban J connectivity index is 2.29. The highest BCUT2D eigenvalue weighted by Crippen LogP contribution is 2.07. The molecule has 14 heavy (non-hydrogen) atoms. The number of piperidine rings is 1. The molecule has 1 rings (SSSR count). The van der Waals surface area contributed by atoms with Gasteiger partial charge < -0.3 is 10.6 Å². The summed E-state index contributed by atoms with van der Waals surface area (Å²) >= 11 is 0. The van der Waals surface area contributed by atoms with Crippen molar-refractivity contribution in [1.29, 1.82) is 5.26 Å². The van der Waals surface area contributed by atoms with E-state index in [0.717, 1.165) is 6.42 Å². The van der Waals surface area contributed by atoms with E-state index in [1.807, 2.05) is 6.07 Å². The van der Waals surface area contributed by atoms with E-state index in [-0.39, 0.29) is 11.8 Å². The minimum atomic E-state index is -0.407. The average molecular weight is 195 g/mol. The van der Waals surface area contributed by atoms with Crippen LogP contribution < -0.4 is 10.6 Å². The molecule has 1 aliphatic heterocycles. The topological polar surface area (TPSA) is 82.0 Å². The van der Waals surface area contributed by atoms with Gasteiger partial charge in [0.15, 0.2) is 0 Å². The zero-order valence-electron chi connectivity index (χ0n) is 7.88. The number of carbonyl (C=O) groups excluding carboxylic acids is 2. The molecule has 2 amide bonds. The van der Waals surface area contributed by atoms with Crippen molar-refractivity contribution in [3.8, 4) is 6.07 Å². The van der Waals surface area contributed by atoms with Gasteiger partial charge in [0, 0.05) is 13.0 Å². The smallest absolute Gasteiger partial charge is 0.242 e. The van der Waals surface area contributed by atoms with Crippen LogP contribution in [0.2, 0.25) is 0 Å². The Kier molecular flexibility index (Phi) is 3.92. The predicted octanol–water partition coefficient (Wildman–Crippen LogP) is -0.315. The van der Waals surface area contributed by atoms with E-state index in [1.54, 1.807) is 0 Å². The van der Waals surface area contributed by atoms with E-state index in [2.05, 4.69) is 10.6 Å². The van der Waals surface area contributed by atoms with E-state index in [0.29, 0.717) is 25.8 Å². The first kappa shape index (κ1) is 10.5. The van der Waals surface area contributed by atoms with Crippen LogP contribution in [0.25, 0.3) is 0 Å². The first-order chi connectivity index (χ1) is 6.74. The van der Waals surface area contributed by atoms with Gasteiger partial charge in [-0.15, -0.1) is 0 Å². The lowest BCUT2D eigenvalue weighted by atomic mass is 10.0. The summed E-state index contributed by atoms with van der Waals surface area (Å²) < 4.78 is 0. The number of nitrogens with zero attached hydrogens (tertiary/aromatic N) is 1. The molecule has 0 aromatic heterocycles. The van der Waals surface area contributed by atoms with Crippen LogP contribution in [-0.4, -0.2) is 24.4 Å². The Morgan fingerprint density at radius 3 is 3.14 bits per heavy atom. The highest BCUT2D eigenvalue weighted by atomic mass is 16.2. The molecule has 1 heterocycles. The fourth-order valence-corrected chi connectivity index (χ4v) is 1.37. The summed E-state index contributed by atoms with van der Waals surface area (Å²) in [6.07, 6.45) is 2.24. The molecule has 1 unspecified atom stereocenters. The fourth-order valence-electron chi connectivity index (χ4n) is 1.37. The van der Waals surface area contributed by atoms with Crippen LogP contribution in [0.1, 0.15) is 25.7 Å². The van der Waals surface area contributed by atoms with E-state index in [1.165, 1.54) is 0 Å². The van der Waals surface area contributed by atoms with Crippen molar-refractivity contribution >= 4 is 11.8 Å². The maximum absolute atomic E-state index is 11.4. The van der Waals surface area contributed by atoms with E-state index in [9.17, 15) is 9.59 Å². The minimum Gasteiger partial charge on any atom is -0.353 e. The Morgan fingerprint density at radius 1 is 1.71 bits per heavy atom. The number of hydrogen-bond donors (Lipinski definition) is 2. The molecular weight excluding hydrogens is 182 g/mol. The molecular formula is C9H13N3O2. The molecule has 0 saturated carbocycles. The van der Waals surface area contributed by atoms with Gasteiger partial charge in [0.2, 0.25) is 11.8 Å². The third-order valence-electron chi connectivity index (χ3n) is 2.08. The predicted molar refractivity (Wildman–Crippen MR) is 49.0 cm³/mol. The average Bonchev–Trinajstić information content (AvgIpc) is 2.18. The zero-order chi connectivity index (χ0) is 10.4. The van der Waals surface area contributed by atoms with Gasteiger partial charge in [-0.05, 0) is 12.8 Å². The van der Waals surface area contributed by atoms with Crippen LogP contribution in [0, 0.1) is 11.3 Å². The highest BCUT2D eigenvalue weighted by Gasteiger charge is 2.23. The van der Waals surface area contributed by atoms with Crippen molar-refractivity contribution in [3.63, 3.8) is 0 Å². The van der Waals surface area contributed by atoms with Gasteiger partial charge in [-0.1, -0.05) is 0 Å². The van der Waals surface area contributed by atoms with Crippen LogP contribution in [0.4, 0.5) is 0 Å². The number of nitrogens with one attached hydrogen (secondary N) is 2. The van der Waals surface area contributed by atoms with E-state index < -0.39 is 6.04 Å². The van der Waals surface area contributed by atoms with Crippen LogP contribution in [-0.2, 0) is 9.59 Å². The van der Waals surface area contributed by atoms with Crippen LogP contribution in [0.3, 0.4) is 0 Å². The summed E-state index contributed by atoms with van der Waals surface area (Å²) in [5.41, 5.74) is 0. The maximum Gasteiger partial charge on any atom is 0.242 e. The minimum absolute atomic E-state index is 0.0725. The highest BCUT2D eigenvalue weighted by molar-refractivity contribution is 5.88. The van der Waals surface area contributed by atoms with Gasteiger partial charge in [0.1, 0.15) is 6.04 Å². The molecule has 76 valence electrons. The fraction of sp³-hybridized carbons (Fsp3) is 0.667. The number of amides is 2. The van der Waals surface area contributed by atoms with Gasteiger partial charge in [-0.25, -0.2) is 0 Å².